The Hall–Kier alpha value is -2.20. The third-order valence-corrected chi connectivity index (χ3v) is 3.21. The van der Waals surface area contributed by atoms with E-state index in [2.05, 4.69) is 5.32 Å². The highest BCUT2D eigenvalue weighted by molar-refractivity contribution is 6.31. The Morgan fingerprint density at radius 1 is 1.24 bits per heavy atom. The molecule has 5 heteroatoms. The molecular weight excluding hydrogens is 290 g/mol. The molecule has 110 valence electrons. The second-order valence-corrected chi connectivity index (χ2v) is 5.16. The van der Waals surface area contributed by atoms with Crippen LogP contribution in [0.15, 0.2) is 36.4 Å². The zero-order chi connectivity index (χ0) is 15.4. The zero-order valence-electron chi connectivity index (χ0n) is 11.8. The number of aromatic hydroxyl groups is 1. The van der Waals surface area contributed by atoms with Gasteiger partial charge >= 0.3 is 0 Å². The number of para-hydroxylation sites is 1. The van der Waals surface area contributed by atoms with Gasteiger partial charge in [-0.3, -0.25) is 4.79 Å². The second kappa shape index (κ2) is 6.50. The highest BCUT2D eigenvalue weighted by Gasteiger charge is 2.11. The standard InChI is InChI=1S/C16H16ClNO3/c1-10-5-3-4-6-14(10)21-9-15(19)18-13-8-12(17)7-11(2)16(13)20/h3-8,20H,9H2,1-2H3,(H,18,19). The molecule has 2 rings (SSSR count). The number of hydrogen-bond acceptors (Lipinski definition) is 3. The van der Waals surface area contributed by atoms with E-state index < -0.39 is 0 Å². The number of nitrogens with one attached hydrogen (secondary N) is 1. The van der Waals surface area contributed by atoms with Crippen LogP contribution in [0.1, 0.15) is 11.1 Å². The van der Waals surface area contributed by atoms with Gasteiger partial charge in [0.25, 0.3) is 5.91 Å². The van der Waals surface area contributed by atoms with Crippen LogP contribution < -0.4 is 10.1 Å². The van der Waals surface area contributed by atoms with Gasteiger partial charge in [0.2, 0.25) is 0 Å². The summed E-state index contributed by atoms with van der Waals surface area (Å²) in [7, 11) is 0. The van der Waals surface area contributed by atoms with Crippen LogP contribution in [0.3, 0.4) is 0 Å². The number of rotatable bonds is 4. The van der Waals surface area contributed by atoms with Crippen LogP contribution in [0.5, 0.6) is 11.5 Å². The van der Waals surface area contributed by atoms with Crippen molar-refractivity contribution in [2.24, 2.45) is 0 Å². The number of carbonyl (C=O) groups excluding carboxylic acids is 1. The van der Waals surface area contributed by atoms with Crippen LogP contribution in [0.4, 0.5) is 5.69 Å². The molecule has 0 spiro atoms. The van der Waals surface area contributed by atoms with E-state index in [1.807, 2.05) is 25.1 Å². The molecule has 0 fully saturated rings. The van der Waals surface area contributed by atoms with Gasteiger partial charge in [-0.2, -0.15) is 0 Å². The number of carbonyl (C=O) groups is 1. The molecule has 0 aliphatic rings. The average molecular weight is 306 g/mol. The summed E-state index contributed by atoms with van der Waals surface area (Å²) >= 11 is 5.91. The van der Waals surface area contributed by atoms with Crippen molar-refractivity contribution >= 4 is 23.2 Å². The van der Waals surface area contributed by atoms with Gasteiger partial charge in [-0.1, -0.05) is 29.8 Å². The highest BCUT2D eigenvalue weighted by atomic mass is 35.5. The van der Waals surface area contributed by atoms with E-state index in [-0.39, 0.29) is 24.0 Å². The molecule has 2 aromatic carbocycles. The lowest BCUT2D eigenvalue weighted by molar-refractivity contribution is -0.118. The summed E-state index contributed by atoms with van der Waals surface area (Å²) in [4.78, 5) is 11.9. The molecule has 0 unspecified atom stereocenters. The molecule has 0 heterocycles. The molecule has 2 aromatic rings. The lowest BCUT2D eigenvalue weighted by Gasteiger charge is -2.11. The first kappa shape index (κ1) is 15.2. The number of phenolic OH excluding ortho intramolecular Hbond substituents is 1. The molecule has 0 radical (unpaired) electrons. The Morgan fingerprint density at radius 2 is 1.95 bits per heavy atom. The minimum atomic E-state index is -0.366. The summed E-state index contributed by atoms with van der Waals surface area (Å²) in [5.74, 6) is 0.290. The third kappa shape index (κ3) is 3.89. The largest absolute Gasteiger partial charge is 0.505 e. The van der Waals surface area contributed by atoms with Crippen LogP contribution in [0.2, 0.25) is 5.02 Å². The van der Waals surface area contributed by atoms with Crippen LogP contribution in [0.25, 0.3) is 0 Å². The van der Waals surface area contributed by atoms with E-state index in [0.29, 0.717) is 16.3 Å². The molecule has 4 nitrogen and oxygen atoms in total. The van der Waals surface area contributed by atoms with E-state index >= 15 is 0 Å². The Bertz CT molecular complexity index is 671. The molecule has 0 aliphatic heterocycles. The summed E-state index contributed by atoms with van der Waals surface area (Å²) < 4.78 is 5.44. The average Bonchev–Trinajstić information content (AvgIpc) is 2.43. The van der Waals surface area contributed by atoms with E-state index in [9.17, 15) is 9.90 Å². The Labute approximate surface area is 128 Å². The number of anilines is 1. The smallest absolute Gasteiger partial charge is 0.262 e. The fourth-order valence-electron chi connectivity index (χ4n) is 1.88. The first-order valence-corrected chi connectivity index (χ1v) is 6.82. The quantitative estimate of drug-likeness (QED) is 0.847. The predicted molar refractivity (Wildman–Crippen MR) is 83.2 cm³/mol. The van der Waals surface area contributed by atoms with Gasteiger partial charge in [0.1, 0.15) is 11.5 Å². The van der Waals surface area contributed by atoms with Crippen molar-refractivity contribution < 1.29 is 14.6 Å². The minimum Gasteiger partial charge on any atom is -0.505 e. The number of hydrogen-bond donors (Lipinski definition) is 2. The number of aryl methyl sites for hydroxylation is 2. The van der Waals surface area contributed by atoms with Crippen LogP contribution in [-0.2, 0) is 4.79 Å². The van der Waals surface area contributed by atoms with Crippen molar-refractivity contribution in [2.45, 2.75) is 13.8 Å². The summed E-state index contributed by atoms with van der Waals surface area (Å²) in [6.45, 7) is 3.47. The summed E-state index contributed by atoms with van der Waals surface area (Å²) in [5, 5.41) is 12.9. The summed E-state index contributed by atoms with van der Waals surface area (Å²) in [6, 6.07) is 10.6. The van der Waals surface area contributed by atoms with Crippen LogP contribution in [-0.4, -0.2) is 17.6 Å². The molecule has 1 amide bonds. The van der Waals surface area contributed by atoms with Crippen molar-refractivity contribution in [2.75, 3.05) is 11.9 Å². The highest BCUT2D eigenvalue weighted by Crippen LogP contribution is 2.30. The summed E-state index contributed by atoms with van der Waals surface area (Å²) in [6.07, 6.45) is 0. The van der Waals surface area contributed by atoms with Crippen LogP contribution in [0, 0.1) is 13.8 Å². The monoisotopic (exact) mass is 305 g/mol. The third-order valence-electron chi connectivity index (χ3n) is 2.99. The maximum Gasteiger partial charge on any atom is 0.262 e. The van der Waals surface area contributed by atoms with Crippen molar-refractivity contribution in [1.82, 2.24) is 0 Å². The van der Waals surface area contributed by atoms with E-state index in [1.54, 1.807) is 19.1 Å². The second-order valence-electron chi connectivity index (χ2n) is 4.72. The van der Waals surface area contributed by atoms with Crippen molar-refractivity contribution in [3.8, 4) is 11.5 Å². The molecular formula is C16H16ClNO3. The van der Waals surface area contributed by atoms with Gasteiger partial charge < -0.3 is 15.2 Å². The minimum absolute atomic E-state index is 0.00337. The SMILES string of the molecule is Cc1ccccc1OCC(=O)Nc1cc(Cl)cc(C)c1O. The molecule has 21 heavy (non-hydrogen) atoms. The Balaban J connectivity index is 2.01. The first-order valence-electron chi connectivity index (χ1n) is 6.45. The fourth-order valence-corrected chi connectivity index (χ4v) is 2.15. The number of benzene rings is 2. The van der Waals surface area contributed by atoms with Gasteiger partial charge in [0.15, 0.2) is 6.61 Å². The van der Waals surface area contributed by atoms with Gasteiger partial charge in [-0.25, -0.2) is 0 Å². The van der Waals surface area contributed by atoms with Gasteiger partial charge in [-0.05, 0) is 43.2 Å². The Kier molecular flexibility index (Phi) is 4.70. The number of amides is 1. The molecule has 0 saturated carbocycles. The maximum absolute atomic E-state index is 11.9. The lowest BCUT2D eigenvalue weighted by atomic mass is 10.2. The Morgan fingerprint density at radius 3 is 2.67 bits per heavy atom. The van der Waals surface area contributed by atoms with Gasteiger partial charge in [0.05, 0.1) is 5.69 Å². The lowest BCUT2D eigenvalue weighted by Crippen LogP contribution is -2.20. The van der Waals surface area contributed by atoms with Crippen molar-refractivity contribution in [3.05, 3.63) is 52.5 Å². The predicted octanol–water partition coefficient (Wildman–Crippen LogP) is 3.68. The molecule has 2 N–H and O–H groups in total. The topological polar surface area (TPSA) is 58.6 Å². The summed E-state index contributed by atoms with van der Waals surface area (Å²) in [5.41, 5.74) is 1.82. The number of halogens is 1. The van der Waals surface area contributed by atoms with Gasteiger partial charge in [-0.15, -0.1) is 0 Å². The van der Waals surface area contributed by atoms with Gasteiger partial charge in [0, 0.05) is 5.02 Å². The fraction of sp³-hybridized carbons (Fsp3) is 0.188. The molecule has 0 saturated heterocycles. The van der Waals surface area contributed by atoms with E-state index in [1.165, 1.54) is 6.07 Å². The zero-order valence-corrected chi connectivity index (χ0v) is 12.6. The van der Waals surface area contributed by atoms with Crippen LogP contribution >= 0.6 is 11.6 Å². The first-order chi connectivity index (χ1) is 9.97. The normalized spacial score (nSPS) is 10.2. The van der Waals surface area contributed by atoms with E-state index in [4.69, 9.17) is 16.3 Å². The molecule has 0 bridgehead atoms. The molecule has 0 aromatic heterocycles. The van der Waals surface area contributed by atoms with Crippen molar-refractivity contribution in [1.29, 1.82) is 0 Å². The molecule has 0 atom stereocenters. The van der Waals surface area contributed by atoms with Crippen molar-refractivity contribution in [3.63, 3.8) is 0 Å². The molecule has 0 aliphatic carbocycles. The maximum atomic E-state index is 11.9. The number of phenols is 1. The van der Waals surface area contributed by atoms with E-state index in [0.717, 1.165) is 5.56 Å². The number of ether oxygens (including phenoxy) is 1.